The van der Waals surface area contributed by atoms with Crippen molar-refractivity contribution in [1.82, 2.24) is 0 Å². The maximum absolute atomic E-state index is 9.60. The summed E-state index contributed by atoms with van der Waals surface area (Å²) in [6, 6.07) is 0. The molecule has 0 radical (unpaired) electrons. The van der Waals surface area contributed by atoms with Gasteiger partial charge in [0.05, 0.1) is 39.6 Å². The standard InChI is InChI=1S/2C6H14O3.6C4H6O2/c2*1-2-6(3-7,4-8)5-9;6*1-3(2)4(5)6/h2*7-9H,2-5H2,1H3;6*1H2,2H3,(H,5,6). The highest BCUT2D eigenvalue weighted by Crippen LogP contribution is 2.19. The van der Waals surface area contributed by atoms with Crippen LogP contribution in [0, 0.1) is 10.8 Å². The van der Waals surface area contributed by atoms with Crippen LogP contribution in [0.2, 0.25) is 0 Å². The first-order valence-corrected chi connectivity index (χ1v) is 15.3. The molecular formula is C36H64O18. The van der Waals surface area contributed by atoms with Crippen LogP contribution in [-0.2, 0) is 28.8 Å². The van der Waals surface area contributed by atoms with Gasteiger partial charge in [-0.25, -0.2) is 28.8 Å². The number of hydrogen-bond donors (Lipinski definition) is 12. The molecule has 12 N–H and O–H groups in total. The molecule has 54 heavy (non-hydrogen) atoms. The summed E-state index contributed by atoms with van der Waals surface area (Å²) in [4.78, 5) is 57.6. The summed E-state index contributed by atoms with van der Waals surface area (Å²) in [5.74, 6) is -5.61. The maximum atomic E-state index is 9.60. The number of carbonyl (C=O) groups is 6. The molecule has 316 valence electrons. The van der Waals surface area contributed by atoms with Crippen LogP contribution in [0.1, 0.15) is 68.2 Å². The fourth-order valence-corrected chi connectivity index (χ4v) is 0.971. The van der Waals surface area contributed by atoms with Crippen molar-refractivity contribution in [3.63, 3.8) is 0 Å². The van der Waals surface area contributed by atoms with Crippen LogP contribution in [0.3, 0.4) is 0 Å². The summed E-state index contributed by atoms with van der Waals surface area (Å²) < 4.78 is 0. The van der Waals surface area contributed by atoms with Gasteiger partial charge in [0.2, 0.25) is 0 Å². The van der Waals surface area contributed by atoms with Crippen LogP contribution >= 0.6 is 0 Å². The first-order chi connectivity index (χ1) is 24.3. The van der Waals surface area contributed by atoms with Crippen LogP contribution in [-0.4, -0.2) is 137 Å². The molecule has 0 saturated heterocycles. The second-order valence-electron chi connectivity index (χ2n) is 11.2. The van der Waals surface area contributed by atoms with Gasteiger partial charge < -0.3 is 61.3 Å². The molecule has 18 heteroatoms. The number of rotatable bonds is 14. The topological polar surface area (TPSA) is 345 Å². The van der Waals surface area contributed by atoms with Crippen LogP contribution in [0.25, 0.3) is 0 Å². The van der Waals surface area contributed by atoms with Crippen molar-refractivity contribution in [3.8, 4) is 0 Å². The Hall–Kier alpha value is -4.98. The lowest BCUT2D eigenvalue weighted by Crippen LogP contribution is -2.32. The largest absolute Gasteiger partial charge is 0.478 e. The Balaban J connectivity index is -0.0000000752. The van der Waals surface area contributed by atoms with E-state index in [1.165, 1.54) is 41.5 Å². The lowest BCUT2D eigenvalue weighted by Gasteiger charge is -2.24. The van der Waals surface area contributed by atoms with Gasteiger partial charge in [-0.15, -0.1) is 0 Å². The SMILES string of the molecule is C=C(C)C(=O)O.C=C(C)C(=O)O.C=C(C)C(=O)O.C=C(C)C(=O)O.C=C(C)C(=O)O.C=C(C)C(=O)O.CCC(CO)(CO)CO.CCC(CO)(CO)CO. The maximum Gasteiger partial charge on any atom is 0.330 e. The molecule has 0 heterocycles. The monoisotopic (exact) mass is 784 g/mol. The highest BCUT2D eigenvalue weighted by Gasteiger charge is 2.25. The van der Waals surface area contributed by atoms with E-state index in [2.05, 4.69) is 39.5 Å². The van der Waals surface area contributed by atoms with Gasteiger partial charge >= 0.3 is 35.8 Å². The minimum absolute atomic E-state index is 0.156. The van der Waals surface area contributed by atoms with Crippen LogP contribution in [0.5, 0.6) is 0 Å². The predicted octanol–water partition coefficient (Wildman–Crippen LogP) is 2.60. The Labute approximate surface area is 317 Å². The Morgan fingerprint density at radius 1 is 0.333 bits per heavy atom. The van der Waals surface area contributed by atoms with E-state index in [0.29, 0.717) is 12.8 Å². The van der Waals surface area contributed by atoms with E-state index in [4.69, 9.17) is 61.3 Å². The zero-order valence-corrected chi connectivity index (χ0v) is 32.7. The van der Waals surface area contributed by atoms with E-state index in [0.717, 1.165) is 0 Å². The van der Waals surface area contributed by atoms with Gasteiger partial charge in [0.1, 0.15) is 0 Å². The summed E-state index contributed by atoms with van der Waals surface area (Å²) in [6.07, 6.45) is 1.19. The average molecular weight is 785 g/mol. The van der Waals surface area contributed by atoms with Crippen molar-refractivity contribution in [2.24, 2.45) is 10.8 Å². The normalized spacial score (nSPS) is 9.00. The van der Waals surface area contributed by atoms with Crippen LogP contribution < -0.4 is 0 Å². The van der Waals surface area contributed by atoms with Gasteiger partial charge in [-0.2, -0.15) is 0 Å². The number of carboxylic acids is 6. The fraction of sp³-hybridized carbons (Fsp3) is 0.500. The molecule has 0 aromatic carbocycles. The first-order valence-electron chi connectivity index (χ1n) is 15.3. The van der Waals surface area contributed by atoms with Gasteiger partial charge in [0, 0.05) is 44.3 Å². The number of hydrogen-bond acceptors (Lipinski definition) is 12. The average Bonchev–Trinajstić information content (AvgIpc) is 3.09. The second kappa shape index (κ2) is 40.8. The summed E-state index contributed by atoms with van der Waals surface area (Å²) in [5.41, 5.74) is -0.278. The van der Waals surface area contributed by atoms with Gasteiger partial charge in [-0.3, -0.25) is 0 Å². The van der Waals surface area contributed by atoms with E-state index in [-0.39, 0.29) is 73.1 Å². The molecule has 0 aliphatic heterocycles. The Morgan fingerprint density at radius 3 is 0.407 bits per heavy atom. The van der Waals surface area contributed by atoms with Crippen molar-refractivity contribution in [2.45, 2.75) is 68.2 Å². The third-order valence-electron chi connectivity index (χ3n) is 5.70. The predicted molar refractivity (Wildman–Crippen MR) is 203 cm³/mol. The van der Waals surface area contributed by atoms with E-state index < -0.39 is 46.6 Å². The van der Waals surface area contributed by atoms with E-state index in [9.17, 15) is 28.8 Å². The number of aliphatic carboxylic acids is 6. The smallest absolute Gasteiger partial charge is 0.330 e. The number of aliphatic hydroxyl groups excluding tert-OH is 6. The fourth-order valence-electron chi connectivity index (χ4n) is 0.971. The summed E-state index contributed by atoms with van der Waals surface area (Å²) in [6.45, 7) is 30.3. The van der Waals surface area contributed by atoms with Crippen molar-refractivity contribution in [2.75, 3.05) is 39.6 Å². The van der Waals surface area contributed by atoms with Gasteiger partial charge in [0.25, 0.3) is 0 Å². The molecule has 0 saturated carbocycles. The molecular weight excluding hydrogens is 720 g/mol. The Kier molecular flexibility index (Phi) is 50.7. The van der Waals surface area contributed by atoms with Crippen molar-refractivity contribution in [1.29, 1.82) is 0 Å². The van der Waals surface area contributed by atoms with E-state index in [1.807, 2.05) is 13.8 Å². The minimum Gasteiger partial charge on any atom is -0.478 e. The molecule has 0 aromatic rings. The molecule has 18 nitrogen and oxygen atoms in total. The lowest BCUT2D eigenvalue weighted by molar-refractivity contribution is -0.133. The molecule has 0 aromatic heterocycles. The molecule has 0 bridgehead atoms. The second-order valence-corrected chi connectivity index (χ2v) is 11.2. The van der Waals surface area contributed by atoms with Gasteiger partial charge in [-0.1, -0.05) is 53.3 Å². The molecule has 0 aliphatic rings. The Morgan fingerprint density at radius 2 is 0.407 bits per heavy atom. The van der Waals surface area contributed by atoms with Crippen molar-refractivity contribution >= 4 is 35.8 Å². The highest BCUT2D eigenvalue weighted by molar-refractivity contribution is 5.86. The third kappa shape index (κ3) is 53.8. The molecule has 0 unspecified atom stereocenters. The quantitative estimate of drug-likeness (QED) is 0.113. The molecule has 0 rings (SSSR count). The van der Waals surface area contributed by atoms with E-state index in [1.54, 1.807) is 0 Å². The molecule has 0 atom stereocenters. The van der Waals surface area contributed by atoms with E-state index >= 15 is 0 Å². The number of carboxylic acid groups (broad SMARTS) is 6. The molecule has 0 spiro atoms. The third-order valence-corrected chi connectivity index (χ3v) is 5.70. The zero-order valence-electron chi connectivity index (χ0n) is 32.7. The summed E-state index contributed by atoms with van der Waals surface area (Å²) in [5, 5.41) is 99.3. The zero-order chi connectivity index (χ0) is 45.6. The van der Waals surface area contributed by atoms with Crippen molar-refractivity contribution in [3.05, 3.63) is 72.9 Å². The van der Waals surface area contributed by atoms with Gasteiger partial charge in [-0.05, 0) is 54.4 Å². The van der Waals surface area contributed by atoms with Gasteiger partial charge in [0.15, 0.2) is 0 Å². The Bertz CT molecular complexity index is 877. The molecule has 0 amide bonds. The minimum atomic E-state index is -0.935. The van der Waals surface area contributed by atoms with Crippen molar-refractivity contribution < 1.29 is 90.0 Å². The van der Waals surface area contributed by atoms with Crippen LogP contribution in [0.4, 0.5) is 0 Å². The lowest BCUT2D eigenvalue weighted by atomic mass is 9.88. The van der Waals surface area contributed by atoms with Crippen LogP contribution in [0.15, 0.2) is 72.9 Å². The highest BCUT2D eigenvalue weighted by atomic mass is 16.4. The molecule has 0 aliphatic carbocycles. The summed E-state index contributed by atoms with van der Waals surface area (Å²) >= 11 is 0. The number of aliphatic hydroxyl groups is 6. The summed E-state index contributed by atoms with van der Waals surface area (Å²) in [7, 11) is 0. The molecule has 0 fully saturated rings. The first kappa shape index (κ1) is 67.2.